The summed E-state index contributed by atoms with van der Waals surface area (Å²) >= 11 is 5.95. The van der Waals surface area contributed by atoms with Crippen molar-refractivity contribution in [3.8, 4) is 6.07 Å². The average molecular weight is 294 g/mol. The summed E-state index contributed by atoms with van der Waals surface area (Å²) in [6.07, 6.45) is 6.09. The summed E-state index contributed by atoms with van der Waals surface area (Å²) in [5.74, 6) is -1.07. The number of ketones is 1. The largest absolute Gasteiger partial charge is 0.298 e. The molecule has 1 unspecified atom stereocenters. The zero-order valence-corrected chi connectivity index (χ0v) is 12.0. The van der Waals surface area contributed by atoms with Gasteiger partial charge in [-0.3, -0.25) is 4.79 Å². The van der Waals surface area contributed by atoms with Gasteiger partial charge in [0.1, 0.15) is 11.7 Å². The van der Waals surface area contributed by atoms with Gasteiger partial charge in [-0.1, -0.05) is 49.8 Å². The number of Topliss-reactive ketones (excluding diaryl/α,β-unsaturated/α-hetero) is 1. The van der Waals surface area contributed by atoms with Crippen molar-refractivity contribution in [3.63, 3.8) is 0 Å². The highest BCUT2D eigenvalue weighted by atomic mass is 35.5. The molecular weight excluding hydrogens is 277 g/mol. The summed E-state index contributed by atoms with van der Waals surface area (Å²) in [4.78, 5) is 12.3. The van der Waals surface area contributed by atoms with E-state index >= 15 is 0 Å². The number of benzene rings is 1. The van der Waals surface area contributed by atoms with Crippen molar-refractivity contribution in [1.82, 2.24) is 0 Å². The standard InChI is InChI=1S/C16H17ClFNO/c17-15-9-12(18)6-7-13(15)14(10-19)16(20)8-11-4-2-1-3-5-11/h6-7,9,11,14H,1-5,8H2. The van der Waals surface area contributed by atoms with Crippen LogP contribution in [0.3, 0.4) is 0 Å². The van der Waals surface area contributed by atoms with E-state index in [1.807, 2.05) is 6.07 Å². The van der Waals surface area contributed by atoms with Crippen LogP contribution in [0.2, 0.25) is 5.02 Å². The Morgan fingerprint density at radius 2 is 2.10 bits per heavy atom. The first-order valence-corrected chi connectivity index (χ1v) is 7.37. The molecule has 1 aromatic rings. The number of halogens is 2. The number of hydrogen-bond acceptors (Lipinski definition) is 2. The van der Waals surface area contributed by atoms with Crippen LogP contribution in [0.15, 0.2) is 18.2 Å². The van der Waals surface area contributed by atoms with E-state index in [1.165, 1.54) is 18.6 Å². The molecule has 106 valence electrons. The van der Waals surface area contributed by atoms with Gasteiger partial charge in [-0.05, 0) is 23.6 Å². The van der Waals surface area contributed by atoms with Crippen LogP contribution in [0.25, 0.3) is 0 Å². The fourth-order valence-corrected chi connectivity index (χ4v) is 3.12. The van der Waals surface area contributed by atoms with Crippen LogP contribution in [0, 0.1) is 23.1 Å². The maximum Gasteiger partial charge on any atom is 0.154 e. The third kappa shape index (κ3) is 3.58. The molecule has 0 heterocycles. The van der Waals surface area contributed by atoms with Gasteiger partial charge in [0.15, 0.2) is 5.78 Å². The number of nitrogens with zero attached hydrogens (tertiary/aromatic N) is 1. The Hall–Kier alpha value is -1.40. The summed E-state index contributed by atoms with van der Waals surface area (Å²) in [6, 6.07) is 5.83. The van der Waals surface area contributed by atoms with Gasteiger partial charge in [-0.15, -0.1) is 0 Å². The fourth-order valence-electron chi connectivity index (χ4n) is 2.84. The van der Waals surface area contributed by atoms with Gasteiger partial charge in [-0.2, -0.15) is 5.26 Å². The van der Waals surface area contributed by atoms with E-state index in [0.29, 0.717) is 17.9 Å². The van der Waals surface area contributed by atoms with E-state index in [-0.39, 0.29) is 10.8 Å². The van der Waals surface area contributed by atoms with Crippen molar-refractivity contribution in [1.29, 1.82) is 5.26 Å². The van der Waals surface area contributed by atoms with E-state index in [2.05, 4.69) is 0 Å². The first-order valence-electron chi connectivity index (χ1n) is 6.99. The molecule has 2 nitrogen and oxygen atoms in total. The third-order valence-electron chi connectivity index (χ3n) is 3.94. The van der Waals surface area contributed by atoms with E-state index in [9.17, 15) is 14.4 Å². The summed E-state index contributed by atoms with van der Waals surface area (Å²) in [6.45, 7) is 0. The topological polar surface area (TPSA) is 40.9 Å². The van der Waals surface area contributed by atoms with Crippen LogP contribution in [0.1, 0.15) is 50.0 Å². The summed E-state index contributed by atoms with van der Waals surface area (Å²) in [5.41, 5.74) is 0.413. The molecule has 0 spiro atoms. The van der Waals surface area contributed by atoms with Crippen LogP contribution in [-0.2, 0) is 4.79 Å². The lowest BCUT2D eigenvalue weighted by Crippen LogP contribution is -2.17. The van der Waals surface area contributed by atoms with Crippen LogP contribution < -0.4 is 0 Å². The van der Waals surface area contributed by atoms with Crippen molar-refractivity contribution in [2.75, 3.05) is 0 Å². The first-order chi connectivity index (χ1) is 9.61. The van der Waals surface area contributed by atoms with E-state index < -0.39 is 11.7 Å². The molecule has 1 fully saturated rings. The van der Waals surface area contributed by atoms with Crippen molar-refractivity contribution in [2.45, 2.75) is 44.4 Å². The Bertz CT molecular complexity index is 532. The second-order valence-electron chi connectivity index (χ2n) is 5.40. The van der Waals surface area contributed by atoms with Gasteiger partial charge in [0.2, 0.25) is 0 Å². The monoisotopic (exact) mass is 293 g/mol. The molecule has 1 aliphatic carbocycles. The van der Waals surface area contributed by atoms with Gasteiger partial charge in [-0.25, -0.2) is 4.39 Å². The van der Waals surface area contributed by atoms with Gasteiger partial charge >= 0.3 is 0 Å². The van der Waals surface area contributed by atoms with Crippen molar-refractivity contribution in [3.05, 3.63) is 34.6 Å². The van der Waals surface area contributed by atoms with Crippen molar-refractivity contribution in [2.24, 2.45) is 5.92 Å². The fraction of sp³-hybridized carbons (Fsp3) is 0.500. The van der Waals surface area contributed by atoms with Crippen molar-refractivity contribution < 1.29 is 9.18 Å². The SMILES string of the molecule is N#CC(C(=O)CC1CCCCC1)c1ccc(F)cc1Cl. The Morgan fingerprint density at radius 3 is 2.70 bits per heavy atom. The molecule has 0 bridgehead atoms. The Morgan fingerprint density at radius 1 is 1.40 bits per heavy atom. The molecule has 1 aromatic carbocycles. The molecule has 0 aliphatic heterocycles. The Kier molecular flexibility index (Phi) is 5.14. The van der Waals surface area contributed by atoms with E-state index in [4.69, 9.17) is 11.6 Å². The number of nitriles is 1. The van der Waals surface area contributed by atoms with Gasteiger partial charge < -0.3 is 0 Å². The molecule has 20 heavy (non-hydrogen) atoms. The van der Waals surface area contributed by atoms with Crippen LogP contribution >= 0.6 is 11.6 Å². The highest BCUT2D eigenvalue weighted by molar-refractivity contribution is 6.31. The first kappa shape index (κ1) is 15.0. The predicted octanol–water partition coefficient (Wildman–Crippen LogP) is 4.63. The molecule has 0 amide bonds. The maximum atomic E-state index is 13.0. The molecular formula is C16H17ClFNO. The quantitative estimate of drug-likeness (QED) is 0.812. The molecule has 1 atom stereocenters. The minimum Gasteiger partial charge on any atom is -0.298 e. The minimum absolute atomic E-state index is 0.104. The Balaban J connectivity index is 2.11. The van der Waals surface area contributed by atoms with Crippen molar-refractivity contribution >= 4 is 17.4 Å². The zero-order chi connectivity index (χ0) is 14.5. The second-order valence-corrected chi connectivity index (χ2v) is 5.81. The highest BCUT2D eigenvalue weighted by Gasteiger charge is 2.26. The number of carbonyl (C=O) groups is 1. The summed E-state index contributed by atoms with van der Waals surface area (Å²) in [7, 11) is 0. The summed E-state index contributed by atoms with van der Waals surface area (Å²) < 4.78 is 13.0. The van der Waals surface area contributed by atoms with E-state index in [0.717, 1.165) is 31.7 Å². The molecule has 0 radical (unpaired) electrons. The molecule has 2 rings (SSSR count). The number of carbonyl (C=O) groups excluding carboxylic acids is 1. The average Bonchev–Trinajstić information content (AvgIpc) is 2.43. The summed E-state index contributed by atoms with van der Waals surface area (Å²) in [5, 5.41) is 9.40. The molecule has 1 saturated carbocycles. The smallest absolute Gasteiger partial charge is 0.154 e. The molecule has 4 heteroatoms. The van der Waals surface area contributed by atoms with Gasteiger partial charge in [0.25, 0.3) is 0 Å². The van der Waals surface area contributed by atoms with Gasteiger partial charge in [0, 0.05) is 11.4 Å². The lowest BCUT2D eigenvalue weighted by atomic mass is 9.82. The molecule has 0 saturated heterocycles. The predicted molar refractivity (Wildman–Crippen MR) is 76.0 cm³/mol. The zero-order valence-electron chi connectivity index (χ0n) is 11.2. The second kappa shape index (κ2) is 6.85. The molecule has 0 aromatic heterocycles. The number of rotatable bonds is 4. The normalized spacial score (nSPS) is 17.4. The van der Waals surface area contributed by atoms with Gasteiger partial charge in [0.05, 0.1) is 6.07 Å². The maximum absolute atomic E-state index is 13.0. The number of hydrogen-bond donors (Lipinski definition) is 0. The van der Waals surface area contributed by atoms with Crippen LogP contribution in [-0.4, -0.2) is 5.78 Å². The lowest BCUT2D eigenvalue weighted by molar-refractivity contribution is -0.120. The Labute approximate surface area is 123 Å². The highest BCUT2D eigenvalue weighted by Crippen LogP contribution is 2.31. The lowest BCUT2D eigenvalue weighted by Gasteiger charge is -2.22. The van der Waals surface area contributed by atoms with E-state index in [1.54, 1.807) is 0 Å². The third-order valence-corrected chi connectivity index (χ3v) is 4.27. The van der Waals surface area contributed by atoms with Crippen LogP contribution in [0.4, 0.5) is 4.39 Å². The molecule has 0 N–H and O–H groups in total. The molecule has 1 aliphatic rings. The van der Waals surface area contributed by atoms with Crippen LogP contribution in [0.5, 0.6) is 0 Å². The minimum atomic E-state index is -0.884.